The lowest BCUT2D eigenvalue weighted by Crippen LogP contribution is -2.49. The van der Waals surface area contributed by atoms with Crippen LogP contribution in [0, 0.1) is 0 Å². The van der Waals surface area contributed by atoms with Crippen LogP contribution in [0.25, 0.3) is 0 Å². The minimum Gasteiger partial charge on any atom is -0.380 e. The van der Waals surface area contributed by atoms with Gasteiger partial charge < -0.3 is 15.8 Å². The Labute approximate surface area is 93.8 Å². The van der Waals surface area contributed by atoms with Gasteiger partial charge in [0.2, 0.25) is 0 Å². The third-order valence-electron chi connectivity index (χ3n) is 3.08. The number of nitrogens with two attached hydrogens (primary N) is 1. The zero-order chi connectivity index (χ0) is 11.1. The SMILES string of the molecule is CC(N)CCCCNC1(C)CCCOC1. The number of hydrogen-bond acceptors (Lipinski definition) is 3. The Morgan fingerprint density at radius 3 is 2.87 bits per heavy atom. The molecule has 1 heterocycles. The zero-order valence-corrected chi connectivity index (χ0v) is 10.2. The summed E-state index contributed by atoms with van der Waals surface area (Å²) in [5, 5.41) is 3.61. The van der Waals surface area contributed by atoms with Crippen LogP contribution in [-0.4, -0.2) is 31.3 Å². The monoisotopic (exact) mass is 214 g/mol. The van der Waals surface area contributed by atoms with Crippen LogP contribution >= 0.6 is 0 Å². The molecule has 3 N–H and O–H groups in total. The Kier molecular flexibility index (Phi) is 5.58. The van der Waals surface area contributed by atoms with Gasteiger partial charge in [-0.25, -0.2) is 0 Å². The smallest absolute Gasteiger partial charge is 0.0645 e. The van der Waals surface area contributed by atoms with Crippen molar-refractivity contribution in [1.82, 2.24) is 5.32 Å². The molecule has 0 amide bonds. The van der Waals surface area contributed by atoms with E-state index in [4.69, 9.17) is 10.5 Å². The van der Waals surface area contributed by atoms with Crippen molar-refractivity contribution in [1.29, 1.82) is 0 Å². The topological polar surface area (TPSA) is 47.3 Å². The van der Waals surface area contributed by atoms with Gasteiger partial charge in [-0.3, -0.25) is 0 Å². The van der Waals surface area contributed by atoms with Gasteiger partial charge in [-0.1, -0.05) is 6.42 Å². The Morgan fingerprint density at radius 2 is 2.27 bits per heavy atom. The lowest BCUT2D eigenvalue weighted by Gasteiger charge is -2.34. The maximum atomic E-state index is 5.70. The second-order valence-corrected chi connectivity index (χ2v) is 5.12. The molecule has 15 heavy (non-hydrogen) atoms. The molecule has 0 spiro atoms. The average Bonchev–Trinajstić information content (AvgIpc) is 2.17. The van der Waals surface area contributed by atoms with Crippen LogP contribution in [0.5, 0.6) is 0 Å². The van der Waals surface area contributed by atoms with Gasteiger partial charge in [0.05, 0.1) is 6.61 Å². The molecule has 1 aliphatic heterocycles. The van der Waals surface area contributed by atoms with Gasteiger partial charge in [0.15, 0.2) is 0 Å². The quantitative estimate of drug-likeness (QED) is 0.661. The third-order valence-corrected chi connectivity index (χ3v) is 3.08. The van der Waals surface area contributed by atoms with Gasteiger partial charge in [-0.15, -0.1) is 0 Å². The van der Waals surface area contributed by atoms with E-state index in [1.54, 1.807) is 0 Å². The Hall–Kier alpha value is -0.120. The highest BCUT2D eigenvalue weighted by atomic mass is 16.5. The molecule has 0 saturated carbocycles. The first-order chi connectivity index (χ1) is 7.12. The van der Waals surface area contributed by atoms with E-state index in [0.717, 1.165) is 26.2 Å². The molecule has 2 unspecified atom stereocenters. The predicted molar refractivity (Wildman–Crippen MR) is 64.0 cm³/mol. The fraction of sp³-hybridized carbons (Fsp3) is 1.00. The van der Waals surface area contributed by atoms with Crippen molar-refractivity contribution in [3.05, 3.63) is 0 Å². The van der Waals surface area contributed by atoms with E-state index in [0.29, 0.717) is 6.04 Å². The van der Waals surface area contributed by atoms with Gasteiger partial charge in [-0.05, 0) is 46.1 Å². The lowest BCUT2D eigenvalue weighted by molar-refractivity contribution is 0.0286. The Bertz CT molecular complexity index is 165. The molecule has 1 rings (SSSR count). The molecule has 90 valence electrons. The van der Waals surface area contributed by atoms with Crippen LogP contribution in [-0.2, 0) is 4.74 Å². The molecule has 0 aromatic heterocycles. The Balaban J connectivity index is 2.03. The van der Waals surface area contributed by atoms with Crippen LogP contribution in [0.15, 0.2) is 0 Å². The summed E-state index contributed by atoms with van der Waals surface area (Å²) >= 11 is 0. The highest BCUT2D eigenvalue weighted by Crippen LogP contribution is 2.18. The molecular weight excluding hydrogens is 188 g/mol. The number of nitrogens with one attached hydrogen (secondary N) is 1. The van der Waals surface area contributed by atoms with Gasteiger partial charge in [0.25, 0.3) is 0 Å². The fourth-order valence-corrected chi connectivity index (χ4v) is 2.05. The highest BCUT2D eigenvalue weighted by molar-refractivity contribution is 4.85. The maximum absolute atomic E-state index is 5.70. The molecule has 2 atom stereocenters. The fourth-order valence-electron chi connectivity index (χ4n) is 2.05. The number of ether oxygens (including phenoxy) is 1. The van der Waals surface area contributed by atoms with Crippen molar-refractivity contribution in [3.8, 4) is 0 Å². The van der Waals surface area contributed by atoms with E-state index in [-0.39, 0.29) is 5.54 Å². The van der Waals surface area contributed by atoms with Gasteiger partial charge in [0, 0.05) is 18.2 Å². The molecule has 0 aromatic rings. The first-order valence-corrected chi connectivity index (χ1v) is 6.21. The van der Waals surface area contributed by atoms with Gasteiger partial charge in [-0.2, -0.15) is 0 Å². The highest BCUT2D eigenvalue weighted by Gasteiger charge is 2.26. The maximum Gasteiger partial charge on any atom is 0.0645 e. The van der Waals surface area contributed by atoms with E-state index in [2.05, 4.69) is 19.2 Å². The van der Waals surface area contributed by atoms with Crippen molar-refractivity contribution in [2.75, 3.05) is 19.8 Å². The molecule has 0 aliphatic carbocycles. The summed E-state index contributed by atoms with van der Waals surface area (Å²) in [5.74, 6) is 0. The summed E-state index contributed by atoms with van der Waals surface area (Å²) in [6, 6.07) is 0.346. The van der Waals surface area contributed by atoms with E-state index >= 15 is 0 Å². The number of unbranched alkanes of at least 4 members (excludes halogenated alkanes) is 1. The molecular formula is C12H26N2O. The molecule has 0 radical (unpaired) electrons. The molecule has 0 aromatic carbocycles. The molecule has 1 fully saturated rings. The average molecular weight is 214 g/mol. The number of hydrogen-bond donors (Lipinski definition) is 2. The van der Waals surface area contributed by atoms with E-state index in [1.807, 2.05) is 0 Å². The van der Waals surface area contributed by atoms with Crippen LogP contribution in [0.4, 0.5) is 0 Å². The first kappa shape index (κ1) is 12.9. The van der Waals surface area contributed by atoms with Crippen LogP contribution in [0.1, 0.15) is 46.0 Å². The zero-order valence-electron chi connectivity index (χ0n) is 10.2. The van der Waals surface area contributed by atoms with Crippen molar-refractivity contribution in [3.63, 3.8) is 0 Å². The number of rotatable bonds is 6. The van der Waals surface area contributed by atoms with E-state index in [1.165, 1.54) is 25.7 Å². The molecule has 3 nitrogen and oxygen atoms in total. The van der Waals surface area contributed by atoms with Crippen molar-refractivity contribution >= 4 is 0 Å². The second-order valence-electron chi connectivity index (χ2n) is 5.12. The summed E-state index contributed by atoms with van der Waals surface area (Å²) in [7, 11) is 0. The summed E-state index contributed by atoms with van der Waals surface area (Å²) in [4.78, 5) is 0. The first-order valence-electron chi connectivity index (χ1n) is 6.21. The minimum atomic E-state index is 0.215. The third kappa shape index (κ3) is 5.50. The summed E-state index contributed by atoms with van der Waals surface area (Å²) in [5.41, 5.74) is 5.92. The van der Waals surface area contributed by atoms with E-state index in [9.17, 15) is 0 Å². The summed E-state index contributed by atoms with van der Waals surface area (Å²) in [6.07, 6.45) is 6.00. The normalized spacial score (nSPS) is 29.0. The predicted octanol–water partition coefficient (Wildman–Crippen LogP) is 1.66. The molecule has 0 bridgehead atoms. The summed E-state index contributed by atoms with van der Waals surface area (Å²) < 4.78 is 5.50. The second kappa shape index (κ2) is 6.46. The van der Waals surface area contributed by atoms with Gasteiger partial charge in [0.1, 0.15) is 0 Å². The van der Waals surface area contributed by atoms with Crippen molar-refractivity contribution in [2.24, 2.45) is 5.73 Å². The van der Waals surface area contributed by atoms with Crippen LogP contribution in [0.2, 0.25) is 0 Å². The molecule has 1 aliphatic rings. The summed E-state index contributed by atoms with van der Waals surface area (Å²) in [6.45, 7) is 7.22. The largest absolute Gasteiger partial charge is 0.380 e. The standard InChI is InChI=1S/C12H26N2O/c1-11(13)6-3-4-8-14-12(2)7-5-9-15-10-12/h11,14H,3-10,13H2,1-2H3. The Morgan fingerprint density at radius 1 is 1.47 bits per heavy atom. The van der Waals surface area contributed by atoms with Crippen molar-refractivity contribution in [2.45, 2.75) is 57.5 Å². The minimum absolute atomic E-state index is 0.215. The van der Waals surface area contributed by atoms with Crippen LogP contribution < -0.4 is 11.1 Å². The molecule has 3 heteroatoms. The van der Waals surface area contributed by atoms with Crippen LogP contribution in [0.3, 0.4) is 0 Å². The van der Waals surface area contributed by atoms with Gasteiger partial charge >= 0.3 is 0 Å². The molecule has 1 saturated heterocycles. The lowest BCUT2D eigenvalue weighted by atomic mass is 9.95. The van der Waals surface area contributed by atoms with E-state index < -0.39 is 0 Å². The van der Waals surface area contributed by atoms with Crippen molar-refractivity contribution < 1.29 is 4.74 Å².